The van der Waals surface area contributed by atoms with E-state index in [4.69, 9.17) is 10.2 Å². The summed E-state index contributed by atoms with van der Waals surface area (Å²) < 4.78 is 27.5. The normalized spacial score (nSPS) is 12.5. The third-order valence-corrected chi connectivity index (χ3v) is 1.65. The molecule has 0 heterocycles. The fourth-order valence-electron chi connectivity index (χ4n) is 0.974. The zero-order chi connectivity index (χ0) is 11.4. The molecule has 4 nitrogen and oxygen atoms in total. The fourth-order valence-corrected chi connectivity index (χ4v) is 0.974. The summed E-state index contributed by atoms with van der Waals surface area (Å²) in [5.74, 6) is -1.50. The van der Waals surface area contributed by atoms with Crippen LogP contribution in [0.15, 0.2) is 24.3 Å². The van der Waals surface area contributed by atoms with E-state index in [0.29, 0.717) is 0 Å². The van der Waals surface area contributed by atoms with E-state index in [0.717, 1.165) is 12.1 Å². The first-order valence-electron chi connectivity index (χ1n) is 3.96. The Bertz CT molecular complexity index is 336. The SMILES string of the molecule is O=C(O)[C@H](O)c1ccc(OC(F)F)cc1. The Balaban J connectivity index is 2.76. The molecule has 82 valence electrons. The van der Waals surface area contributed by atoms with Gasteiger partial charge in [0.15, 0.2) is 6.10 Å². The number of carboxylic acid groups (broad SMARTS) is 1. The maximum absolute atomic E-state index is 11.7. The van der Waals surface area contributed by atoms with Crippen LogP contribution in [0.2, 0.25) is 0 Å². The minimum absolute atomic E-state index is 0.0914. The van der Waals surface area contributed by atoms with Crippen LogP contribution in [0, 0.1) is 0 Å². The Labute approximate surface area is 83.7 Å². The van der Waals surface area contributed by atoms with Gasteiger partial charge in [-0.15, -0.1) is 0 Å². The molecule has 0 unspecified atom stereocenters. The summed E-state index contributed by atoms with van der Waals surface area (Å²) in [5, 5.41) is 17.5. The number of aliphatic hydroxyl groups is 1. The van der Waals surface area contributed by atoms with Gasteiger partial charge in [0.1, 0.15) is 5.75 Å². The van der Waals surface area contributed by atoms with Crippen LogP contribution < -0.4 is 4.74 Å². The number of rotatable bonds is 4. The number of carboxylic acids is 1. The second kappa shape index (κ2) is 4.70. The Morgan fingerprint density at radius 1 is 1.27 bits per heavy atom. The molecule has 0 spiro atoms. The van der Waals surface area contributed by atoms with E-state index in [2.05, 4.69) is 4.74 Å². The third kappa shape index (κ3) is 3.17. The Hall–Kier alpha value is -1.69. The van der Waals surface area contributed by atoms with E-state index in [1.54, 1.807) is 0 Å². The number of aliphatic carboxylic acids is 1. The zero-order valence-corrected chi connectivity index (χ0v) is 7.43. The molecule has 0 amide bonds. The lowest BCUT2D eigenvalue weighted by Crippen LogP contribution is -2.10. The number of hydrogen-bond donors (Lipinski definition) is 2. The van der Waals surface area contributed by atoms with E-state index in [-0.39, 0.29) is 11.3 Å². The van der Waals surface area contributed by atoms with E-state index >= 15 is 0 Å². The van der Waals surface area contributed by atoms with Crippen LogP contribution in [0.1, 0.15) is 11.7 Å². The van der Waals surface area contributed by atoms with Gasteiger partial charge in [0.25, 0.3) is 0 Å². The highest BCUT2D eigenvalue weighted by atomic mass is 19.3. The van der Waals surface area contributed by atoms with Crippen molar-refractivity contribution >= 4 is 5.97 Å². The lowest BCUT2D eigenvalue weighted by molar-refractivity contribution is -0.146. The standard InChI is InChI=1S/C9H8F2O4/c10-9(11)15-6-3-1-5(2-4-6)7(12)8(13)14/h1-4,7,9,12H,(H,13,14)/t7-/m1/s1. The molecule has 0 fully saturated rings. The smallest absolute Gasteiger partial charge is 0.387 e. The third-order valence-electron chi connectivity index (χ3n) is 1.65. The molecule has 1 atom stereocenters. The van der Waals surface area contributed by atoms with E-state index in [9.17, 15) is 13.6 Å². The van der Waals surface area contributed by atoms with Gasteiger partial charge < -0.3 is 14.9 Å². The van der Waals surface area contributed by atoms with Crippen molar-refractivity contribution in [1.82, 2.24) is 0 Å². The van der Waals surface area contributed by atoms with Crippen molar-refractivity contribution in [2.45, 2.75) is 12.7 Å². The van der Waals surface area contributed by atoms with Crippen LogP contribution in [0.25, 0.3) is 0 Å². The summed E-state index contributed by atoms with van der Waals surface area (Å²) >= 11 is 0. The minimum atomic E-state index is -2.93. The molecule has 0 aliphatic heterocycles. The van der Waals surface area contributed by atoms with Crippen LogP contribution >= 0.6 is 0 Å². The van der Waals surface area contributed by atoms with Crippen molar-refractivity contribution in [1.29, 1.82) is 0 Å². The van der Waals surface area contributed by atoms with Crippen molar-refractivity contribution in [2.24, 2.45) is 0 Å². The summed E-state index contributed by atoms with van der Waals surface area (Å²) in [6.45, 7) is -2.93. The van der Waals surface area contributed by atoms with E-state index in [1.165, 1.54) is 12.1 Å². The highest BCUT2D eigenvalue weighted by molar-refractivity contribution is 5.74. The van der Waals surface area contributed by atoms with Crippen molar-refractivity contribution in [3.63, 3.8) is 0 Å². The quantitative estimate of drug-likeness (QED) is 0.801. The number of alkyl halides is 2. The van der Waals surface area contributed by atoms with Gasteiger partial charge in [-0.3, -0.25) is 0 Å². The molecule has 1 rings (SSSR count). The maximum Gasteiger partial charge on any atom is 0.387 e. The van der Waals surface area contributed by atoms with Gasteiger partial charge in [0.2, 0.25) is 0 Å². The highest BCUT2D eigenvalue weighted by Crippen LogP contribution is 2.19. The molecule has 0 saturated heterocycles. The predicted molar refractivity (Wildman–Crippen MR) is 45.7 cm³/mol. The topological polar surface area (TPSA) is 66.8 Å². The average Bonchev–Trinajstić information content (AvgIpc) is 2.17. The Morgan fingerprint density at radius 3 is 2.20 bits per heavy atom. The molecular weight excluding hydrogens is 210 g/mol. The lowest BCUT2D eigenvalue weighted by Gasteiger charge is -2.07. The lowest BCUT2D eigenvalue weighted by atomic mass is 10.1. The molecular formula is C9H8F2O4. The molecule has 6 heteroatoms. The molecule has 0 aliphatic carbocycles. The van der Waals surface area contributed by atoms with Crippen LogP contribution in [0.5, 0.6) is 5.75 Å². The van der Waals surface area contributed by atoms with Gasteiger partial charge in [-0.25, -0.2) is 4.79 Å². The van der Waals surface area contributed by atoms with Crippen molar-refractivity contribution in [3.05, 3.63) is 29.8 Å². The van der Waals surface area contributed by atoms with Crippen LogP contribution in [-0.2, 0) is 4.79 Å². The molecule has 15 heavy (non-hydrogen) atoms. The van der Waals surface area contributed by atoms with Gasteiger partial charge >= 0.3 is 12.6 Å². The monoisotopic (exact) mass is 218 g/mol. The largest absolute Gasteiger partial charge is 0.479 e. The second-order valence-electron chi connectivity index (χ2n) is 2.69. The molecule has 1 aromatic rings. The second-order valence-corrected chi connectivity index (χ2v) is 2.69. The first-order valence-corrected chi connectivity index (χ1v) is 3.96. The summed E-state index contributed by atoms with van der Waals surface area (Å²) in [4.78, 5) is 10.4. The number of ether oxygens (including phenoxy) is 1. The van der Waals surface area contributed by atoms with Gasteiger partial charge in [0.05, 0.1) is 0 Å². The molecule has 1 aromatic carbocycles. The molecule has 0 radical (unpaired) electrons. The van der Waals surface area contributed by atoms with Gasteiger partial charge in [0, 0.05) is 0 Å². The average molecular weight is 218 g/mol. The van der Waals surface area contributed by atoms with Gasteiger partial charge in [-0.2, -0.15) is 8.78 Å². The fraction of sp³-hybridized carbons (Fsp3) is 0.222. The zero-order valence-electron chi connectivity index (χ0n) is 7.43. The molecule has 0 saturated carbocycles. The number of benzene rings is 1. The number of hydrogen-bond acceptors (Lipinski definition) is 3. The summed E-state index contributed by atoms with van der Waals surface area (Å²) in [6.07, 6.45) is -1.66. The van der Waals surface area contributed by atoms with Crippen LogP contribution in [-0.4, -0.2) is 22.8 Å². The van der Waals surface area contributed by atoms with Gasteiger partial charge in [-0.05, 0) is 17.7 Å². The highest BCUT2D eigenvalue weighted by Gasteiger charge is 2.15. The summed E-state index contributed by atoms with van der Waals surface area (Å²) in [7, 11) is 0. The maximum atomic E-state index is 11.7. The summed E-state index contributed by atoms with van der Waals surface area (Å²) in [5.41, 5.74) is 0.101. The van der Waals surface area contributed by atoms with E-state index < -0.39 is 18.7 Å². The van der Waals surface area contributed by atoms with Crippen molar-refractivity contribution < 1.29 is 28.5 Å². The molecule has 0 aliphatic rings. The van der Waals surface area contributed by atoms with Gasteiger partial charge in [-0.1, -0.05) is 12.1 Å². The minimum Gasteiger partial charge on any atom is -0.479 e. The molecule has 0 bridgehead atoms. The number of halogens is 2. The summed E-state index contributed by atoms with van der Waals surface area (Å²) in [6, 6.07) is 4.73. The molecule has 2 N–H and O–H groups in total. The number of carbonyl (C=O) groups is 1. The van der Waals surface area contributed by atoms with E-state index in [1.807, 2.05) is 0 Å². The first kappa shape index (κ1) is 11.4. The van der Waals surface area contributed by atoms with Crippen LogP contribution in [0.3, 0.4) is 0 Å². The van der Waals surface area contributed by atoms with Crippen molar-refractivity contribution in [2.75, 3.05) is 0 Å². The van der Waals surface area contributed by atoms with Crippen LogP contribution in [0.4, 0.5) is 8.78 Å². The Kier molecular flexibility index (Phi) is 3.56. The first-order chi connectivity index (χ1) is 7.00. The van der Waals surface area contributed by atoms with Crippen molar-refractivity contribution in [3.8, 4) is 5.75 Å². The predicted octanol–water partition coefficient (Wildman–Crippen LogP) is 1.41. The number of aliphatic hydroxyl groups excluding tert-OH is 1. The molecule has 0 aromatic heterocycles. The Morgan fingerprint density at radius 2 is 1.80 bits per heavy atom.